The minimum atomic E-state index is -4.53. The van der Waals surface area contributed by atoms with Crippen molar-refractivity contribution in [3.8, 4) is 11.3 Å². The van der Waals surface area contributed by atoms with Crippen molar-refractivity contribution in [2.75, 3.05) is 13.1 Å². The highest BCUT2D eigenvalue weighted by molar-refractivity contribution is 6.08. The monoisotopic (exact) mass is 478 g/mol. The van der Waals surface area contributed by atoms with Gasteiger partial charge in [-0.05, 0) is 43.6 Å². The quantitative estimate of drug-likeness (QED) is 0.343. The molecule has 8 heteroatoms. The molecule has 0 atom stereocenters. The predicted octanol–water partition coefficient (Wildman–Crippen LogP) is 5.75. The molecule has 180 valence electrons. The van der Waals surface area contributed by atoms with E-state index in [2.05, 4.69) is 27.1 Å². The molecule has 1 saturated heterocycles. The SMILES string of the molecule is Cn1ncc2c(C(=O)C3CCN(Cc4ccccc4)CC3)cc(-c3ccccc3C(F)(F)F)nc21. The van der Waals surface area contributed by atoms with Crippen LogP contribution in [0.3, 0.4) is 0 Å². The van der Waals surface area contributed by atoms with Gasteiger partial charge in [0.25, 0.3) is 0 Å². The number of halogens is 3. The average Bonchev–Trinajstić information content (AvgIpc) is 3.24. The van der Waals surface area contributed by atoms with Gasteiger partial charge >= 0.3 is 6.18 Å². The van der Waals surface area contributed by atoms with Crippen LogP contribution >= 0.6 is 0 Å². The number of Topliss-reactive ketones (excluding diaryl/α,β-unsaturated/α-hetero) is 1. The summed E-state index contributed by atoms with van der Waals surface area (Å²) >= 11 is 0. The van der Waals surface area contributed by atoms with Gasteiger partial charge in [0.05, 0.1) is 17.5 Å². The molecule has 0 radical (unpaired) electrons. The number of alkyl halides is 3. The van der Waals surface area contributed by atoms with Gasteiger partial charge in [0, 0.05) is 36.0 Å². The Morgan fingerprint density at radius 2 is 1.71 bits per heavy atom. The molecule has 0 bridgehead atoms. The van der Waals surface area contributed by atoms with Crippen LogP contribution in [-0.2, 0) is 19.8 Å². The standard InChI is InChI=1S/C27H25F3N4O/c1-33-26-22(16-31-33)21(15-24(32-26)20-9-5-6-10-23(20)27(28,29)30)25(35)19-11-13-34(14-12-19)17-18-7-3-2-4-8-18/h2-10,15-16,19H,11-14,17H2,1H3. The van der Waals surface area contributed by atoms with Gasteiger partial charge in [-0.25, -0.2) is 4.98 Å². The van der Waals surface area contributed by atoms with Crippen LogP contribution in [0.25, 0.3) is 22.3 Å². The summed E-state index contributed by atoms with van der Waals surface area (Å²) in [5.41, 5.74) is 1.31. The molecule has 1 aliphatic rings. The van der Waals surface area contributed by atoms with E-state index in [1.54, 1.807) is 19.3 Å². The first-order valence-corrected chi connectivity index (χ1v) is 11.6. The Morgan fingerprint density at radius 3 is 2.43 bits per heavy atom. The molecule has 4 aromatic rings. The van der Waals surface area contributed by atoms with E-state index in [9.17, 15) is 18.0 Å². The number of ketones is 1. The first-order valence-electron chi connectivity index (χ1n) is 11.6. The van der Waals surface area contributed by atoms with Crippen LogP contribution in [0.4, 0.5) is 13.2 Å². The average molecular weight is 479 g/mol. The number of piperidine rings is 1. The Kier molecular flexibility index (Phi) is 6.15. The van der Waals surface area contributed by atoms with Gasteiger partial charge in [-0.2, -0.15) is 18.3 Å². The third kappa shape index (κ3) is 4.71. The Labute approximate surface area is 201 Å². The zero-order valence-corrected chi connectivity index (χ0v) is 19.3. The highest BCUT2D eigenvalue weighted by Gasteiger charge is 2.34. The summed E-state index contributed by atoms with van der Waals surface area (Å²) in [6.45, 7) is 2.41. The highest BCUT2D eigenvalue weighted by atomic mass is 19.4. The van der Waals surface area contributed by atoms with E-state index in [1.807, 2.05) is 18.2 Å². The van der Waals surface area contributed by atoms with Gasteiger partial charge in [0.2, 0.25) is 0 Å². The number of benzene rings is 2. The van der Waals surface area contributed by atoms with Crippen LogP contribution < -0.4 is 0 Å². The summed E-state index contributed by atoms with van der Waals surface area (Å²) < 4.78 is 42.6. The lowest BCUT2D eigenvalue weighted by Crippen LogP contribution is -2.36. The number of carbonyl (C=O) groups is 1. The van der Waals surface area contributed by atoms with Gasteiger partial charge < -0.3 is 0 Å². The number of likely N-dealkylation sites (tertiary alicyclic amines) is 1. The molecule has 5 rings (SSSR count). The molecular weight excluding hydrogens is 453 g/mol. The van der Waals surface area contributed by atoms with Gasteiger partial charge in [-0.1, -0.05) is 48.5 Å². The van der Waals surface area contributed by atoms with Crippen LogP contribution in [0.15, 0.2) is 66.9 Å². The van der Waals surface area contributed by atoms with Crippen molar-refractivity contribution in [3.05, 3.63) is 83.6 Å². The maximum atomic E-state index is 13.7. The van der Waals surface area contributed by atoms with Crippen molar-refractivity contribution in [2.24, 2.45) is 13.0 Å². The van der Waals surface area contributed by atoms with E-state index >= 15 is 0 Å². The molecule has 0 saturated carbocycles. The van der Waals surface area contributed by atoms with Crippen molar-refractivity contribution in [2.45, 2.75) is 25.6 Å². The third-order valence-electron chi connectivity index (χ3n) is 6.69. The second-order valence-corrected chi connectivity index (χ2v) is 9.00. The summed E-state index contributed by atoms with van der Waals surface area (Å²) in [5, 5.41) is 4.79. The van der Waals surface area contributed by atoms with Crippen molar-refractivity contribution in [3.63, 3.8) is 0 Å². The zero-order valence-electron chi connectivity index (χ0n) is 19.3. The normalized spacial score (nSPS) is 15.5. The van der Waals surface area contributed by atoms with Gasteiger partial charge in [0.1, 0.15) is 0 Å². The summed E-state index contributed by atoms with van der Waals surface area (Å²) in [4.78, 5) is 20.4. The summed E-state index contributed by atoms with van der Waals surface area (Å²) in [6, 6.07) is 17.0. The van der Waals surface area contributed by atoms with Crippen molar-refractivity contribution >= 4 is 16.8 Å². The minimum Gasteiger partial charge on any atom is -0.299 e. The van der Waals surface area contributed by atoms with E-state index in [0.29, 0.717) is 29.4 Å². The molecule has 0 aliphatic carbocycles. The molecule has 2 aromatic heterocycles. The fourth-order valence-electron chi connectivity index (χ4n) is 4.82. The Bertz CT molecular complexity index is 1360. The van der Waals surface area contributed by atoms with Crippen LogP contribution in [0.2, 0.25) is 0 Å². The van der Waals surface area contributed by atoms with E-state index in [1.165, 1.54) is 28.4 Å². The molecule has 35 heavy (non-hydrogen) atoms. The van der Waals surface area contributed by atoms with Crippen molar-refractivity contribution in [1.82, 2.24) is 19.7 Å². The molecule has 5 nitrogen and oxygen atoms in total. The predicted molar refractivity (Wildman–Crippen MR) is 128 cm³/mol. The molecule has 3 heterocycles. The fraction of sp³-hybridized carbons (Fsp3) is 0.296. The van der Waals surface area contributed by atoms with Crippen molar-refractivity contribution in [1.29, 1.82) is 0 Å². The summed E-state index contributed by atoms with van der Waals surface area (Å²) in [7, 11) is 1.67. The molecule has 0 unspecified atom stereocenters. The number of pyridine rings is 1. The number of aryl methyl sites for hydroxylation is 1. The second-order valence-electron chi connectivity index (χ2n) is 9.00. The molecule has 2 aromatic carbocycles. The number of nitrogens with zero attached hydrogens (tertiary/aromatic N) is 4. The molecule has 1 fully saturated rings. The fourth-order valence-corrected chi connectivity index (χ4v) is 4.82. The Morgan fingerprint density at radius 1 is 1.03 bits per heavy atom. The minimum absolute atomic E-state index is 0.0465. The Hall–Kier alpha value is -3.52. The van der Waals surface area contributed by atoms with E-state index in [0.717, 1.165) is 25.7 Å². The lowest BCUT2D eigenvalue weighted by atomic mass is 9.87. The van der Waals surface area contributed by atoms with Gasteiger partial charge in [-0.3, -0.25) is 14.4 Å². The van der Waals surface area contributed by atoms with E-state index in [4.69, 9.17) is 0 Å². The number of rotatable bonds is 5. The largest absolute Gasteiger partial charge is 0.417 e. The molecule has 1 aliphatic heterocycles. The zero-order chi connectivity index (χ0) is 24.6. The first kappa shape index (κ1) is 23.2. The first-order chi connectivity index (χ1) is 16.8. The van der Waals surface area contributed by atoms with Crippen LogP contribution in [0, 0.1) is 5.92 Å². The van der Waals surface area contributed by atoms with Crippen molar-refractivity contribution < 1.29 is 18.0 Å². The maximum absolute atomic E-state index is 13.7. The number of fused-ring (bicyclic) bond motifs is 1. The number of hydrogen-bond donors (Lipinski definition) is 0. The third-order valence-corrected chi connectivity index (χ3v) is 6.69. The van der Waals surface area contributed by atoms with Gasteiger partial charge in [-0.15, -0.1) is 0 Å². The van der Waals surface area contributed by atoms with Crippen LogP contribution in [-0.4, -0.2) is 38.5 Å². The topological polar surface area (TPSA) is 51.0 Å². The molecule has 0 N–H and O–H groups in total. The van der Waals surface area contributed by atoms with Gasteiger partial charge in [0.15, 0.2) is 11.4 Å². The second kappa shape index (κ2) is 9.26. The lowest BCUT2D eigenvalue weighted by Gasteiger charge is -2.31. The maximum Gasteiger partial charge on any atom is 0.417 e. The summed E-state index contributed by atoms with van der Waals surface area (Å²) in [5.74, 6) is -0.256. The van der Waals surface area contributed by atoms with Crippen LogP contribution in [0.1, 0.15) is 34.3 Å². The summed E-state index contributed by atoms with van der Waals surface area (Å²) in [6.07, 6.45) is -1.57. The van der Waals surface area contributed by atoms with Crippen LogP contribution in [0.5, 0.6) is 0 Å². The molecular formula is C27H25F3N4O. The van der Waals surface area contributed by atoms with E-state index < -0.39 is 11.7 Å². The smallest absolute Gasteiger partial charge is 0.299 e. The number of carbonyl (C=O) groups excluding carboxylic acids is 1. The van der Waals surface area contributed by atoms with E-state index in [-0.39, 0.29) is 23.0 Å². The Balaban J connectivity index is 1.45. The molecule has 0 spiro atoms. The number of aromatic nitrogens is 3. The molecule has 0 amide bonds. The number of hydrogen-bond acceptors (Lipinski definition) is 4. The highest BCUT2D eigenvalue weighted by Crippen LogP contribution is 2.38. The lowest BCUT2D eigenvalue weighted by molar-refractivity contribution is -0.137.